The number of hydrogen-bond acceptors (Lipinski definition) is 7. The normalized spacial score (nSPS) is 14.0. The fourth-order valence-electron chi connectivity index (χ4n) is 5.44. The Morgan fingerprint density at radius 2 is 1.70 bits per heavy atom. The molecule has 3 N–H and O–H groups in total. The van der Waals surface area contributed by atoms with Gasteiger partial charge in [-0.1, -0.05) is 25.0 Å². The van der Waals surface area contributed by atoms with Gasteiger partial charge in [0.2, 0.25) is 5.95 Å². The smallest absolute Gasteiger partial charge is 0.394 e. The van der Waals surface area contributed by atoms with Crippen LogP contribution in [0.15, 0.2) is 53.3 Å². The molecule has 2 heterocycles. The van der Waals surface area contributed by atoms with Crippen molar-refractivity contribution in [2.75, 3.05) is 23.4 Å². The minimum atomic E-state index is -5.13. The van der Waals surface area contributed by atoms with Crippen LogP contribution in [0, 0.1) is 18.6 Å². The lowest BCUT2D eigenvalue weighted by Crippen LogP contribution is -2.46. The molecular weight excluding hydrogens is 589 g/mol. The first-order valence-corrected chi connectivity index (χ1v) is 13.8. The molecule has 9 nitrogen and oxygen atoms in total. The van der Waals surface area contributed by atoms with E-state index in [-0.39, 0.29) is 33.9 Å². The van der Waals surface area contributed by atoms with Crippen LogP contribution in [0.2, 0.25) is 0 Å². The van der Waals surface area contributed by atoms with Crippen LogP contribution < -0.4 is 15.8 Å². The summed E-state index contributed by atoms with van der Waals surface area (Å²) in [6.07, 6.45) is -3.02. The third-order valence-corrected chi connectivity index (χ3v) is 7.59. The number of nitrogens with zero attached hydrogens (tertiary/aromatic N) is 4. The Labute approximate surface area is 247 Å². The highest BCUT2D eigenvalue weighted by molar-refractivity contribution is 6.00. The molecule has 14 heteroatoms. The summed E-state index contributed by atoms with van der Waals surface area (Å²) in [5.74, 6) is -4.38. The lowest BCUT2D eigenvalue weighted by molar-refractivity contribution is -0.171. The van der Waals surface area contributed by atoms with Gasteiger partial charge in [-0.2, -0.15) is 18.2 Å². The molecule has 2 aromatic carbocycles. The fourth-order valence-corrected chi connectivity index (χ4v) is 5.44. The average molecular weight is 618 g/mol. The van der Waals surface area contributed by atoms with Crippen LogP contribution in [0.5, 0.6) is 0 Å². The predicted octanol–water partition coefficient (Wildman–Crippen LogP) is 4.64. The molecule has 0 bridgehead atoms. The quantitative estimate of drug-likeness (QED) is 0.247. The molecule has 44 heavy (non-hydrogen) atoms. The van der Waals surface area contributed by atoms with Crippen molar-refractivity contribution in [1.82, 2.24) is 14.5 Å². The van der Waals surface area contributed by atoms with E-state index in [1.54, 1.807) is 6.92 Å². The second kappa shape index (κ2) is 12.3. The number of para-hydroxylation sites is 1. The maximum atomic E-state index is 15.0. The summed E-state index contributed by atoms with van der Waals surface area (Å²) in [5, 5.41) is 22.1. The van der Waals surface area contributed by atoms with Crippen LogP contribution in [0.25, 0.3) is 28.0 Å². The van der Waals surface area contributed by atoms with Gasteiger partial charge in [0, 0.05) is 28.7 Å². The van der Waals surface area contributed by atoms with E-state index in [4.69, 9.17) is 0 Å². The van der Waals surface area contributed by atoms with E-state index in [1.165, 1.54) is 24.3 Å². The molecule has 1 saturated carbocycles. The van der Waals surface area contributed by atoms with Gasteiger partial charge in [-0.15, -0.1) is 0 Å². The molecule has 1 aliphatic carbocycles. The Hall–Kier alpha value is -4.43. The first kappa shape index (κ1) is 31.0. The average Bonchev–Trinajstić information content (AvgIpc) is 3.51. The highest BCUT2D eigenvalue weighted by atomic mass is 19.4. The number of pyridine rings is 1. The minimum Gasteiger partial charge on any atom is -0.394 e. The first-order valence-electron chi connectivity index (χ1n) is 13.8. The second-order valence-electron chi connectivity index (χ2n) is 10.5. The highest BCUT2D eigenvalue weighted by Crippen LogP contribution is 2.37. The van der Waals surface area contributed by atoms with Crippen molar-refractivity contribution in [3.63, 3.8) is 0 Å². The molecule has 1 aliphatic rings. The summed E-state index contributed by atoms with van der Waals surface area (Å²) in [6.45, 7) is 0.546. The lowest BCUT2D eigenvalue weighted by atomic mass is 10.0. The van der Waals surface area contributed by atoms with Crippen molar-refractivity contribution < 1.29 is 37.0 Å². The van der Waals surface area contributed by atoms with Crippen molar-refractivity contribution in [3.05, 3.63) is 76.1 Å². The number of fused-ring (bicyclic) bond motifs is 1. The van der Waals surface area contributed by atoms with Gasteiger partial charge < -0.3 is 20.4 Å². The van der Waals surface area contributed by atoms with Crippen LogP contribution >= 0.6 is 0 Å². The molecule has 5 rings (SSSR count). The third-order valence-electron chi connectivity index (χ3n) is 7.59. The zero-order valence-corrected chi connectivity index (χ0v) is 23.4. The Kier molecular flexibility index (Phi) is 8.66. The third kappa shape index (κ3) is 5.86. The summed E-state index contributed by atoms with van der Waals surface area (Å²) in [4.78, 5) is 35.3. The predicted molar refractivity (Wildman–Crippen MR) is 153 cm³/mol. The van der Waals surface area contributed by atoms with Crippen molar-refractivity contribution in [1.29, 1.82) is 0 Å². The largest absolute Gasteiger partial charge is 0.471 e. The number of hydrogen-bond donors (Lipinski definition) is 3. The Balaban J connectivity index is 1.80. The molecule has 0 atom stereocenters. The number of nitrogens with one attached hydrogen (secondary N) is 1. The van der Waals surface area contributed by atoms with Crippen LogP contribution in [-0.2, 0) is 4.79 Å². The van der Waals surface area contributed by atoms with E-state index in [0.29, 0.717) is 35.8 Å². The van der Waals surface area contributed by atoms with Crippen LogP contribution in [0.1, 0.15) is 31.2 Å². The maximum Gasteiger partial charge on any atom is 0.471 e. The number of aryl methyl sites for hydroxylation is 1. The summed E-state index contributed by atoms with van der Waals surface area (Å²) in [7, 11) is 0. The maximum absolute atomic E-state index is 15.0. The monoisotopic (exact) mass is 617 g/mol. The fraction of sp³-hybridized carbons (Fsp3) is 0.333. The number of halogens is 5. The number of aromatic nitrogens is 3. The molecule has 1 amide bonds. The molecule has 0 radical (unpaired) electrons. The summed E-state index contributed by atoms with van der Waals surface area (Å²) in [6, 6.07) is 8.07. The molecule has 232 valence electrons. The van der Waals surface area contributed by atoms with E-state index in [2.05, 4.69) is 15.3 Å². The number of benzene rings is 2. The van der Waals surface area contributed by atoms with Crippen molar-refractivity contribution in [2.45, 2.75) is 50.9 Å². The summed E-state index contributed by atoms with van der Waals surface area (Å²) in [5.41, 5.74) is -1.02. The van der Waals surface area contributed by atoms with Gasteiger partial charge in [-0.3, -0.25) is 14.2 Å². The molecule has 0 spiro atoms. The first-order chi connectivity index (χ1) is 20.9. The van der Waals surface area contributed by atoms with Crippen LogP contribution in [0.3, 0.4) is 0 Å². The van der Waals surface area contributed by atoms with Gasteiger partial charge in [0.1, 0.15) is 17.3 Å². The van der Waals surface area contributed by atoms with Gasteiger partial charge in [-0.05, 0) is 55.7 Å². The van der Waals surface area contributed by atoms with Crippen molar-refractivity contribution in [2.24, 2.45) is 0 Å². The van der Waals surface area contributed by atoms with Crippen molar-refractivity contribution >= 4 is 28.6 Å². The number of alkyl halides is 3. The molecule has 4 aromatic rings. The van der Waals surface area contributed by atoms with Gasteiger partial charge >= 0.3 is 12.1 Å². The molecule has 0 aliphatic heterocycles. The molecule has 0 saturated heterocycles. The molecule has 1 fully saturated rings. The molecule has 0 unspecified atom stereocenters. The number of aliphatic hydroxyl groups is 2. The van der Waals surface area contributed by atoms with Crippen LogP contribution in [0.4, 0.5) is 33.6 Å². The van der Waals surface area contributed by atoms with Gasteiger partial charge in [-0.25, -0.2) is 13.8 Å². The van der Waals surface area contributed by atoms with Crippen LogP contribution in [-0.4, -0.2) is 62.1 Å². The van der Waals surface area contributed by atoms with E-state index in [0.717, 1.165) is 29.2 Å². The SMILES string of the molecule is Cc1ccc(N(C(=O)C(F)(F)F)C2CCCC2)cc1-c1nc(NC(CO)CO)nc2c1ccc(=O)n2-c1c(F)cccc1F. The standard InChI is InChI=1S/C30H28F5N5O4/c1-16-9-10-19(39(18-5-2-3-6-18)28(44)30(33,34)35)13-21(16)25-20-11-12-24(43)40(26-22(31)7-4-8-23(26)32)27(20)38-29(37-25)36-17(14-41)15-42/h4,7-13,17-18,41-42H,2-3,5-6,14-15H2,1H3,(H,36,37,38). The lowest BCUT2D eigenvalue weighted by Gasteiger charge is -2.30. The summed E-state index contributed by atoms with van der Waals surface area (Å²) >= 11 is 0. The van der Waals surface area contributed by atoms with E-state index >= 15 is 0 Å². The number of rotatable bonds is 8. The van der Waals surface area contributed by atoms with E-state index in [1.807, 2.05) is 0 Å². The zero-order valence-electron chi connectivity index (χ0n) is 23.4. The Bertz CT molecular complexity index is 1750. The van der Waals surface area contributed by atoms with Gasteiger partial charge in [0.05, 0.1) is 24.9 Å². The number of aliphatic hydroxyl groups excluding tert-OH is 2. The number of carbonyl (C=O) groups excluding carboxylic acids is 1. The van der Waals surface area contributed by atoms with E-state index < -0.39 is 60.3 Å². The molecule has 2 aromatic heterocycles. The topological polar surface area (TPSA) is 121 Å². The van der Waals surface area contributed by atoms with Crippen molar-refractivity contribution in [3.8, 4) is 16.9 Å². The summed E-state index contributed by atoms with van der Waals surface area (Å²) < 4.78 is 71.9. The number of amides is 1. The van der Waals surface area contributed by atoms with Gasteiger partial charge in [0.15, 0.2) is 5.65 Å². The van der Waals surface area contributed by atoms with Gasteiger partial charge in [0.25, 0.3) is 5.56 Å². The highest BCUT2D eigenvalue weighted by Gasteiger charge is 2.46. The van der Waals surface area contributed by atoms with E-state index in [9.17, 15) is 41.8 Å². The molecular formula is C30H28F5N5O4. The zero-order chi connectivity index (χ0) is 31.8. The Morgan fingerprint density at radius 1 is 1.05 bits per heavy atom. The second-order valence-corrected chi connectivity index (χ2v) is 10.5. The number of anilines is 2. The minimum absolute atomic E-state index is 0.0295. The Morgan fingerprint density at radius 3 is 2.32 bits per heavy atom. The number of carbonyl (C=O) groups is 1.